The van der Waals surface area contributed by atoms with Crippen molar-refractivity contribution in [3.63, 3.8) is 0 Å². The van der Waals surface area contributed by atoms with Gasteiger partial charge >= 0.3 is 0 Å². The summed E-state index contributed by atoms with van der Waals surface area (Å²) in [7, 11) is 0. The molecule has 0 radical (unpaired) electrons. The summed E-state index contributed by atoms with van der Waals surface area (Å²) < 4.78 is 0. The van der Waals surface area contributed by atoms with Gasteiger partial charge in [0.1, 0.15) is 12.2 Å². The number of amides is 3. The van der Waals surface area contributed by atoms with Crippen LogP contribution in [0.2, 0.25) is 10.0 Å². The Bertz CT molecular complexity index is 1530. The lowest BCUT2D eigenvalue weighted by Crippen LogP contribution is -2.57. The number of imide groups is 1. The van der Waals surface area contributed by atoms with Crippen molar-refractivity contribution in [2.45, 2.75) is 101 Å². The van der Waals surface area contributed by atoms with Gasteiger partial charge < -0.3 is 14.7 Å². The third-order valence-electron chi connectivity index (χ3n) is 12.4. The minimum Gasteiger partial charge on any atom is -0.342 e. The van der Waals surface area contributed by atoms with E-state index in [0.29, 0.717) is 35.5 Å². The molecular weight excluding hydrogens is 643 g/mol. The van der Waals surface area contributed by atoms with Gasteiger partial charge in [-0.15, -0.1) is 0 Å². The molecule has 3 heterocycles. The van der Waals surface area contributed by atoms with E-state index in [1.54, 1.807) is 4.90 Å². The van der Waals surface area contributed by atoms with Gasteiger partial charge in [0.2, 0.25) is 11.8 Å². The van der Waals surface area contributed by atoms with Gasteiger partial charge in [-0.1, -0.05) is 67.1 Å². The van der Waals surface area contributed by atoms with Crippen LogP contribution in [0.25, 0.3) is 0 Å². The standard InChI is InChI=1S/C39H50Cl2N4O3/c1-28-8-6-13-32(24-28)45-27-44(36(47)30-11-4-5-12-30)37(48)39(45)18-21-42(22-19-39)20-7-16-38(31-14-15-33(40)34(41)25-31)17-23-43(26-38)35(46)29-9-2-3-10-29/h6,8,13-15,24-25,29-30H,2-5,7,9-12,16-23,26-27H2,1H3. The average molecular weight is 694 g/mol. The first-order valence-electron chi connectivity index (χ1n) is 18.4. The summed E-state index contributed by atoms with van der Waals surface area (Å²) in [5.74, 6) is 0.510. The predicted octanol–water partition coefficient (Wildman–Crippen LogP) is 7.60. The zero-order chi connectivity index (χ0) is 33.5. The maximum absolute atomic E-state index is 14.3. The summed E-state index contributed by atoms with van der Waals surface area (Å²) in [6, 6.07) is 14.4. The van der Waals surface area contributed by atoms with Crippen LogP contribution in [0, 0.1) is 18.8 Å². The van der Waals surface area contributed by atoms with Crippen molar-refractivity contribution >= 4 is 46.6 Å². The quantitative estimate of drug-likeness (QED) is 0.267. The van der Waals surface area contributed by atoms with Crippen molar-refractivity contribution in [2.75, 3.05) is 44.3 Å². The van der Waals surface area contributed by atoms with Crippen LogP contribution in [0.3, 0.4) is 0 Å². The second-order valence-electron chi connectivity index (χ2n) is 15.3. The van der Waals surface area contributed by atoms with E-state index in [-0.39, 0.29) is 29.1 Å². The normalized spacial score (nSPS) is 25.2. The molecule has 3 amide bonds. The fourth-order valence-electron chi connectivity index (χ4n) is 9.57. The van der Waals surface area contributed by atoms with Crippen LogP contribution in [-0.4, -0.2) is 77.4 Å². The molecule has 48 heavy (non-hydrogen) atoms. The zero-order valence-electron chi connectivity index (χ0n) is 28.4. The molecule has 258 valence electrons. The molecule has 0 N–H and O–H groups in total. The SMILES string of the molecule is Cc1cccc(N2CN(C(=O)C3CCCC3)C(=O)C23CCN(CCCC2(c4ccc(Cl)c(Cl)c4)CCN(C(=O)C4CCCC4)C2)CC3)c1. The Morgan fingerprint density at radius 3 is 2.19 bits per heavy atom. The van der Waals surface area contributed by atoms with Crippen molar-refractivity contribution in [2.24, 2.45) is 11.8 Å². The Kier molecular flexibility index (Phi) is 9.85. The summed E-state index contributed by atoms with van der Waals surface area (Å²) >= 11 is 12.9. The van der Waals surface area contributed by atoms with Crippen LogP contribution in [0.5, 0.6) is 0 Å². The smallest absolute Gasteiger partial charge is 0.256 e. The zero-order valence-corrected chi connectivity index (χ0v) is 29.9. The van der Waals surface area contributed by atoms with Crippen LogP contribution in [-0.2, 0) is 19.8 Å². The number of carbonyl (C=O) groups is 3. The number of carbonyl (C=O) groups excluding carboxylic acids is 3. The molecule has 2 aromatic carbocycles. The van der Waals surface area contributed by atoms with Crippen LogP contribution in [0.15, 0.2) is 42.5 Å². The fourth-order valence-corrected chi connectivity index (χ4v) is 9.87. The van der Waals surface area contributed by atoms with E-state index in [1.165, 1.54) is 5.56 Å². The Morgan fingerprint density at radius 2 is 1.52 bits per heavy atom. The van der Waals surface area contributed by atoms with E-state index in [9.17, 15) is 14.4 Å². The topological polar surface area (TPSA) is 64.2 Å². The molecule has 0 bridgehead atoms. The Hall–Kier alpha value is -2.61. The summed E-state index contributed by atoms with van der Waals surface area (Å²) in [6.45, 7) is 6.50. The molecule has 2 aliphatic carbocycles. The summed E-state index contributed by atoms with van der Waals surface area (Å²) in [5.41, 5.74) is 2.52. The van der Waals surface area contributed by atoms with Gasteiger partial charge in [0.05, 0.1) is 10.0 Å². The van der Waals surface area contributed by atoms with Gasteiger partial charge in [0.25, 0.3) is 5.91 Å². The van der Waals surface area contributed by atoms with Crippen molar-refractivity contribution < 1.29 is 14.4 Å². The fraction of sp³-hybridized carbons (Fsp3) is 0.615. The molecule has 7 nitrogen and oxygen atoms in total. The van der Waals surface area contributed by atoms with E-state index < -0.39 is 5.54 Å². The van der Waals surface area contributed by atoms with Gasteiger partial charge in [-0.3, -0.25) is 19.3 Å². The highest BCUT2D eigenvalue weighted by Crippen LogP contribution is 2.44. The van der Waals surface area contributed by atoms with Gasteiger partial charge in [-0.05, 0) is 107 Å². The van der Waals surface area contributed by atoms with Gasteiger partial charge in [-0.2, -0.15) is 0 Å². The highest BCUT2D eigenvalue weighted by molar-refractivity contribution is 6.42. The maximum Gasteiger partial charge on any atom is 0.256 e. The molecule has 5 fully saturated rings. The number of nitrogens with zero attached hydrogens (tertiary/aromatic N) is 4. The highest BCUT2D eigenvalue weighted by Gasteiger charge is 2.56. The monoisotopic (exact) mass is 692 g/mol. The molecule has 0 aromatic heterocycles. The predicted molar refractivity (Wildman–Crippen MR) is 191 cm³/mol. The van der Waals surface area contributed by atoms with Gasteiger partial charge in [0.15, 0.2) is 0 Å². The average Bonchev–Trinajstić information content (AvgIpc) is 3.92. The Balaban J connectivity index is 1.04. The molecule has 3 aliphatic heterocycles. The molecule has 3 saturated heterocycles. The molecule has 9 heteroatoms. The molecule has 1 unspecified atom stereocenters. The molecular formula is C39H50Cl2N4O3. The van der Waals surface area contributed by atoms with E-state index in [2.05, 4.69) is 52.0 Å². The minimum absolute atomic E-state index is 0.00268. The number of rotatable bonds is 8. The van der Waals surface area contributed by atoms with Gasteiger partial charge in [0, 0.05) is 49.1 Å². The van der Waals surface area contributed by atoms with Crippen LogP contribution in [0.4, 0.5) is 5.69 Å². The molecule has 2 aromatic rings. The largest absolute Gasteiger partial charge is 0.342 e. The molecule has 1 spiro atoms. The number of likely N-dealkylation sites (tertiary alicyclic amines) is 2. The van der Waals surface area contributed by atoms with Crippen molar-refractivity contribution in [1.82, 2.24) is 14.7 Å². The number of hydrogen-bond donors (Lipinski definition) is 0. The number of halogens is 2. The van der Waals surface area contributed by atoms with Crippen molar-refractivity contribution in [3.05, 3.63) is 63.6 Å². The lowest BCUT2D eigenvalue weighted by molar-refractivity contribution is -0.147. The lowest BCUT2D eigenvalue weighted by Gasteiger charge is -2.43. The molecule has 1 atom stereocenters. The van der Waals surface area contributed by atoms with Crippen LogP contribution >= 0.6 is 23.2 Å². The summed E-state index contributed by atoms with van der Waals surface area (Å²) in [6.07, 6.45) is 12.5. The summed E-state index contributed by atoms with van der Waals surface area (Å²) in [4.78, 5) is 49.8. The van der Waals surface area contributed by atoms with E-state index >= 15 is 0 Å². The molecule has 2 saturated carbocycles. The Morgan fingerprint density at radius 1 is 0.833 bits per heavy atom. The first-order chi connectivity index (χ1) is 23.2. The number of aryl methyl sites for hydroxylation is 1. The minimum atomic E-state index is -0.688. The molecule has 7 rings (SSSR count). The van der Waals surface area contributed by atoms with Crippen molar-refractivity contribution in [3.8, 4) is 0 Å². The highest BCUT2D eigenvalue weighted by atomic mass is 35.5. The maximum atomic E-state index is 14.3. The van der Waals surface area contributed by atoms with Crippen LogP contribution in [0.1, 0.15) is 94.6 Å². The van der Waals surface area contributed by atoms with Gasteiger partial charge in [-0.25, -0.2) is 0 Å². The Labute approximate surface area is 295 Å². The third-order valence-corrected chi connectivity index (χ3v) is 13.2. The van der Waals surface area contributed by atoms with E-state index in [4.69, 9.17) is 23.2 Å². The van der Waals surface area contributed by atoms with E-state index in [0.717, 1.165) is 115 Å². The lowest BCUT2D eigenvalue weighted by atomic mass is 9.75. The first-order valence-corrected chi connectivity index (χ1v) is 19.1. The third kappa shape index (κ3) is 6.40. The molecule has 5 aliphatic rings. The van der Waals surface area contributed by atoms with Crippen LogP contribution < -0.4 is 4.90 Å². The first kappa shape index (κ1) is 33.9. The second-order valence-corrected chi connectivity index (χ2v) is 16.2. The van der Waals surface area contributed by atoms with E-state index in [1.807, 2.05) is 12.1 Å². The number of anilines is 1. The number of piperidine rings is 1. The second kappa shape index (κ2) is 14.0. The number of hydrogen-bond acceptors (Lipinski definition) is 5. The summed E-state index contributed by atoms with van der Waals surface area (Å²) in [5, 5.41) is 1.12. The van der Waals surface area contributed by atoms with Crippen molar-refractivity contribution in [1.29, 1.82) is 0 Å². The number of benzene rings is 2.